The Kier molecular flexibility index (Phi) is 6.47. The monoisotopic (exact) mass is 423 g/mol. The standard InChI is InChI=1S/C21H24ClF2N3O2/c1-3-4-10-28-16-7-5-6-14(11-16)21(13-27(2)20(25)26-21)15-8-9-18(17(22)12-15)29-19(23)24/h5-9,11-12,19H,3-4,10,13H2,1-2H3,(H2,25,26). The van der Waals surface area contributed by atoms with Crippen LogP contribution in [-0.4, -0.2) is 37.7 Å². The first kappa shape index (κ1) is 21.2. The van der Waals surface area contributed by atoms with Crippen LogP contribution in [0, 0.1) is 0 Å². The molecule has 8 heteroatoms. The van der Waals surface area contributed by atoms with Gasteiger partial charge in [0.05, 0.1) is 18.2 Å². The smallest absolute Gasteiger partial charge is 0.387 e. The summed E-state index contributed by atoms with van der Waals surface area (Å²) in [5.41, 5.74) is 6.85. The van der Waals surface area contributed by atoms with Crippen LogP contribution in [-0.2, 0) is 5.54 Å². The quantitative estimate of drug-likeness (QED) is 0.629. The fourth-order valence-electron chi connectivity index (χ4n) is 3.35. The summed E-state index contributed by atoms with van der Waals surface area (Å²) in [6, 6.07) is 12.4. The highest BCUT2D eigenvalue weighted by Crippen LogP contribution is 2.41. The number of rotatable bonds is 8. The molecule has 0 fully saturated rings. The maximum atomic E-state index is 12.6. The van der Waals surface area contributed by atoms with Crippen molar-refractivity contribution >= 4 is 17.6 Å². The molecule has 2 N–H and O–H groups in total. The normalized spacial score (nSPS) is 18.8. The molecule has 156 valence electrons. The van der Waals surface area contributed by atoms with Gasteiger partial charge in [0.2, 0.25) is 0 Å². The lowest BCUT2D eigenvalue weighted by atomic mass is 9.83. The number of guanidine groups is 1. The third kappa shape index (κ3) is 4.56. The molecular weight excluding hydrogens is 400 g/mol. The number of unbranched alkanes of at least 4 members (excludes halogenated alkanes) is 1. The number of halogens is 3. The Morgan fingerprint density at radius 1 is 1.24 bits per heavy atom. The summed E-state index contributed by atoms with van der Waals surface area (Å²) in [6.07, 6.45) is 2.01. The number of benzene rings is 2. The fraction of sp³-hybridized carbons (Fsp3) is 0.381. The maximum absolute atomic E-state index is 12.6. The lowest BCUT2D eigenvalue weighted by molar-refractivity contribution is -0.0498. The molecule has 0 bridgehead atoms. The van der Waals surface area contributed by atoms with Crippen molar-refractivity contribution in [3.05, 3.63) is 58.6 Å². The van der Waals surface area contributed by atoms with Crippen LogP contribution in [0.15, 0.2) is 47.5 Å². The molecule has 29 heavy (non-hydrogen) atoms. The zero-order chi connectivity index (χ0) is 21.0. The number of nitrogens with two attached hydrogens (primary N) is 1. The predicted molar refractivity (Wildman–Crippen MR) is 110 cm³/mol. The first-order chi connectivity index (χ1) is 13.9. The van der Waals surface area contributed by atoms with Crippen molar-refractivity contribution in [3.63, 3.8) is 0 Å². The van der Waals surface area contributed by atoms with Crippen molar-refractivity contribution in [3.8, 4) is 11.5 Å². The second-order valence-corrected chi connectivity index (χ2v) is 7.35. The van der Waals surface area contributed by atoms with Gasteiger partial charge >= 0.3 is 6.61 Å². The van der Waals surface area contributed by atoms with E-state index in [0.29, 0.717) is 19.1 Å². The molecule has 0 amide bonds. The van der Waals surface area contributed by atoms with E-state index in [1.54, 1.807) is 12.1 Å². The Hall–Kier alpha value is -2.54. The van der Waals surface area contributed by atoms with Crippen LogP contribution in [0.25, 0.3) is 0 Å². The Labute approximate surface area is 174 Å². The van der Waals surface area contributed by atoms with Crippen LogP contribution in [0.4, 0.5) is 8.78 Å². The predicted octanol–water partition coefficient (Wildman–Crippen LogP) is 4.62. The van der Waals surface area contributed by atoms with Gasteiger partial charge in [-0.3, -0.25) is 0 Å². The summed E-state index contributed by atoms with van der Waals surface area (Å²) < 4.78 is 35.5. The first-order valence-electron chi connectivity index (χ1n) is 9.40. The van der Waals surface area contributed by atoms with Crippen molar-refractivity contribution in [2.24, 2.45) is 10.7 Å². The van der Waals surface area contributed by atoms with E-state index < -0.39 is 12.2 Å². The average Bonchev–Trinajstić information content (AvgIpc) is 2.99. The summed E-state index contributed by atoms with van der Waals surface area (Å²) in [4.78, 5) is 6.56. The highest BCUT2D eigenvalue weighted by atomic mass is 35.5. The van der Waals surface area contributed by atoms with Crippen molar-refractivity contribution in [2.75, 3.05) is 20.2 Å². The Balaban J connectivity index is 2.02. The minimum atomic E-state index is -2.95. The molecule has 1 aliphatic heterocycles. The second-order valence-electron chi connectivity index (χ2n) is 6.94. The summed E-state index contributed by atoms with van der Waals surface area (Å²) in [5.74, 6) is 1.04. The second kappa shape index (κ2) is 8.86. The van der Waals surface area contributed by atoms with Crippen LogP contribution in [0.3, 0.4) is 0 Å². The molecule has 0 radical (unpaired) electrons. The van der Waals surface area contributed by atoms with Crippen molar-refractivity contribution in [1.82, 2.24) is 4.90 Å². The molecule has 3 rings (SSSR count). The number of nitrogens with zero attached hydrogens (tertiary/aromatic N) is 2. The van der Waals surface area contributed by atoms with Crippen LogP contribution < -0.4 is 15.2 Å². The van der Waals surface area contributed by atoms with Crippen LogP contribution >= 0.6 is 11.6 Å². The van der Waals surface area contributed by atoms with Crippen LogP contribution in [0.5, 0.6) is 11.5 Å². The van der Waals surface area contributed by atoms with Crippen molar-refractivity contribution < 1.29 is 18.3 Å². The molecule has 0 aliphatic carbocycles. The molecule has 2 aromatic rings. The highest BCUT2D eigenvalue weighted by molar-refractivity contribution is 6.32. The van der Waals surface area contributed by atoms with E-state index in [2.05, 4.69) is 11.7 Å². The average molecular weight is 424 g/mol. The zero-order valence-corrected chi connectivity index (χ0v) is 17.1. The minimum Gasteiger partial charge on any atom is -0.494 e. The Morgan fingerprint density at radius 3 is 2.62 bits per heavy atom. The number of aliphatic imine (C=N–C) groups is 1. The van der Waals surface area contributed by atoms with Gasteiger partial charge in [-0.25, -0.2) is 4.99 Å². The van der Waals surface area contributed by atoms with Crippen LogP contribution in [0.1, 0.15) is 30.9 Å². The molecule has 2 aromatic carbocycles. The zero-order valence-electron chi connectivity index (χ0n) is 16.4. The molecule has 1 heterocycles. The van der Waals surface area contributed by atoms with E-state index in [9.17, 15) is 8.78 Å². The summed E-state index contributed by atoms with van der Waals surface area (Å²) >= 11 is 6.21. The number of hydrogen-bond acceptors (Lipinski definition) is 5. The molecule has 0 aromatic heterocycles. The lowest BCUT2D eigenvalue weighted by Crippen LogP contribution is -2.34. The largest absolute Gasteiger partial charge is 0.494 e. The third-order valence-corrected chi connectivity index (χ3v) is 5.16. The molecule has 0 saturated heterocycles. The fourth-order valence-corrected chi connectivity index (χ4v) is 3.57. The van der Waals surface area contributed by atoms with Crippen molar-refractivity contribution in [2.45, 2.75) is 31.9 Å². The van der Waals surface area contributed by atoms with Gasteiger partial charge in [-0.05, 0) is 41.8 Å². The van der Waals surface area contributed by atoms with E-state index in [1.165, 1.54) is 6.07 Å². The highest BCUT2D eigenvalue weighted by Gasteiger charge is 2.41. The Bertz CT molecular complexity index is 894. The number of ether oxygens (including phenoxy) is 2. The molecule has 0 spiro atoms. The minimum absolute atomic E-state index is 0.0829. The molecule has 1 atom stereocenters. The Morgan fingerprint density at radius 2 is 2.00 bits per heavy atom. The van der Waals surface area contributed by atoms with E-state index in [-0.39, 0.29) is 10.8 Å². The van der Waals surface area contributed by atoms with E-state index in [4.69, 9.17) is 27.1 Å². The maximum Gasteiger partial charge on any atom is 0.387 e. The number of hydrogen-bond donors (Lipinski definition) is 1. The number of alkyl halides is 2. The van der Waals surface area contributed by atoms with Gasteiger partial charge in [0.25, 0.3) is 0 Å². The molecule has 0 saturated carbocycles. The van der Waals surface area contributed by atoms with Gasteiger partial charge in [-0.2, -0.15) is 8.78 Å². The van der Waals surface area contributed by atoms with Gasteiger partial charge in [-0.1, -0.05) is 43.1 Å². The first-order valence-corrected chi connectivity index (χ1v) is 9.78. The molecule has 5 nitrogen and oxygen atoms in total. The third-order valence-electron chi connectivity index (χ3n) is 4.87. The van der Waals surface area contributed by atoms with E-state index in [0.717, 1.165) is 29.7 Å². The summed E-state index contributed by atoms with van der Waals surface area (Å²) in [6.45, 7) is 0.258. The number of likely N-dealkylation sites (N-methyl/N-ethyl adjacent to an activating group) is 1. The molecular formula is C21H24ClF2N3O2. The molecule has 1 unspecified atom stereocenters. The topological polar surface area (TPSA) is 60.1 Å². The summed E-state index contributed by atoms with van der Waals surface area (Å²) in [7, 11) is 1.85. The summed E-state index contributed by atoms with van der Waals surface area (Å²) in [5, 5.41) is 0.0841. The molecule has 1 aliphatic rings. The van der Waals surface area contributed by atoms with Gasteiger partial charge < -0.3 is 20.1 Å². The van der Waals surface area contributed by atoms with Gasteiger partial charge in [0.1, 0.15) is 17.0 Å². The van der Waals surface area contributed by atoms with Gasteiger partial charge in [0.15, 0.2) is 5.96 Å². The van der Waals surface area contributed by atoms with Gasteiger partial charge in [0, 0.05) is 7.05 Å². The SMILES string of the molecule is CCCCOc1cccc(C2(c3ccc(OC(F)F)c(Cl)c3)CN(C)C(N)=N2)c1. The van der Waals surface area contributed by atoms with Crippen LogP contribution in [0.2, 0.25) is 5.02 Å². The van der Waals surface area contributed by atoms with E-state index in [1.807, 2.05) is 36.2 Å². The lowest BCUT2D eigenvalue weighted by Gasteiger charge is -2.29. The van der Waals surface area contributed by atoms with E-state index >= 15 is 0 Å². The van der Waals surface area contributed by atoms with Gasteiger partial charge in [-0.15, -0.1) is 0 Å². The van der Waals surface area contributed by atoms with Crippen molar-refractivity contribution in [1.29, 1.82) is 0 Å².